The van der Waals surface area contributed by atoms with Crippen LogP contribution in [0.5, 0.6) is 0 Å². The lowest BCUT2D eigenvalue weighted by Gasteiger charge is -2.19. The van der Waals surface area contributed by atoms with Gasteiger partial charge in [-0.15, -0.1) is 0 Å². The third-order valence-electron chi connectivity index (χ3n) is 4.53. The maximum atomic E-state index is 10.9. The summed E-state index contributed by atoms with van der Waals surface area (Å²) in [7, 11) is 0. The van der Waals surface area contributed by atoms with Crippen molar-refractivity contribution >= 4 is 17.9 Å². The summed E-state index contributed by atoms with van der Waals surface area (Å²) in [5, 5.41) is 0. The minimum Gasteiger partial charge on any atom is -0.298 e. The van der Waals surface area contributed by atoms with Gasteiger partial charge < -0.3 is 0 Å². The van der Waals surface area contributed by atoms with Gasteiger partial charge in [-0.05, 0) is 39.3 Å². The van der Waals surface area contributed by atoms with E-state index in [1.54, 1.807) is 0 Å². The van der Waals surface area contributed by atoms with E-state index < -0.39 is 0 Å². The van der Waals surface area contributed by atoms with Gasteiger partial charge >= 0.3 is 0 Å². The molecule has 0 N–H and O–H groups in total. The van der Waals surface area contributed by atoms with Crippen molar-refractivity contribution in [2.45, 2.75) is 26.2 Å². The minimum atomic E-state index is 0.139. The summed E-state index contributed by atoms with van der Waals surface area (Å²) in [4.78, 5) is 10.9. The Kier molecular flexibility index (Phi) is 5.18. The van der Waals surface area contributed by atoms with Gasteiger partial charge in [0.2, 0.25) is 0 Å². The van der Waals surface area contributed by atoms with E-state index in [1.807, 2.05) is 30.3 Å². The molecule has 0 heterocycles. The molecule has 0 aliphatic heterocycles. The Labute approximate surface area is 156 Å². The number of benzene rings is 3. The van der Waals surface area contributed by atoms with Gasteiger partial charge in [-0.1, -0.05) is 99.6 Å². The molecule has 0 fully saturated rings. The molecule has 0 aromatic heterocycles. The van der Waals surface area contributed by atoms with E-state index in [2.05, 4.69) is 75.4 Å². The molecule has 0 spiro atoms. The number of hydrogen-bond donors (Lipinski definition) is 0. The summed E-state index contributed by atoms with van der Waals surface area (Å²) in [6, 6.07) is 26.9. The fraction of sp³-hybridized carbons (Fsp3) is 0.160. The van der Waals surface area contributed by atoms with Crippen LogP contribution in [0.25, 0.3) is 11.6 Å². The standard InChI is InChI=1S/C25H24O/c1-25(2,3)23-15-13-22(14-16-23)24(21-7-5-4-6-8-21)17-19-9-11-20(18-26)12-10-19/h4-18H,1-3H3. The molecule has 0 atom stereocenters. The first-order chi connectivity index (χ1) is 12.5. The third-order valence-corrected chi connectivity index (χ3v) is 4.53. The molecule has 0 radical (unpaired) electrons. The summed E-state index contributed by atoms with van der Waals surface area (Å²) < 4.78 is 0. The molecule has 0 aliphatic carbocycles. The maximum absolute atomic E-state index is 10.9. The van der Waals surface area contributed by atoms with E-state index in [0.717, 1.165) is 11.8 Å². The van der Waals surface area contributed by atoms with Crippen molar-refractivity contribution in [3.63, 3.8) is 0 Å². The predicted octanol–water partition coefficient (Wildman–Crippen LogP) is 6.39. The van der Waals surface area contributed by atoms with Crippen molar-refractivity contribution in [2.24, 2.45) is 0 Å². The zero-order valence-electron chi connectivity index (χ0n) is 15.6. The fourth-order valence-electron chi connectivity index (χ4n) is 2.94. The van der Waals surface area contributed by atoms with E-state index in [9.17, 15) is 4.79 Å². The van der Waals surface area contributed by atoms with Gasteiger partial charge in [0.15, 0.2) is 0 Å². The average Bonchev–Trinajstić information content (AvgIpc) is 2.67. The van der Waals surface area contributed by atoms with Crippen LogP contribution in [-0.2, 0) is 5.41 Å². The zero-order chi connectivity index (χ0) is 18.6. The molecule has 3 aromatic rings. The highest BCUT2D eigenvalue weighted by Crippen LogP contribution is 2.29. The molecule has 26 heavy (non-hydrogen) atoms. The van der Waals surface area contributed by atoms with Crippen molar-refractivity contribution in [3.05, 3.63) is 107 Å². The molecule has 3 aromatic carbocycles. The Bertz CT molecular complexity index is 893. The van der Waals surface area contributed by atoms with E-state index >= 15 is 0 Å². The summed E-state index contributed by atoms with van der Waals surface area (Å²) in [5.74, 6) is 0. The van der Waals surface area contributed by atoms with Gasteiger partial charge in [0, 0.05) is 5.56 Å². The molecule has 1 nitrogen and oxygen atoms in total. The second kappa shape index (κ2) is 7.53. The Balaban J connectivity index is 2.06. The van der Waals surface area contributed by atoms with E-state index in [0.29, 0.717) is 5.56 Å². The normalized spacial score (nSPS) is 12.0. The molecule has 0 unspecified atom stereocenters. The number of carbonyl (C=O) groups is 1. The third kappa shape index (κ3) is 4.18. The summed E-state index contributed by atoms with van der Waals surface area (Å²) in [5.41, 5.74) is 6.76. The first-order valence-corrected chi connectivity index (χ1v) is 8.91. The summed E-state index contributed by atoms with van der Waals surface area (Å²) in [6.45, 7) is 6.68. The lowest BCUT2D eigenvalue weighted by atomic mass is 9.85. The van der Waals surface area contributed by atoms with Gasteiger partial charge in [0.05, 0.1) is 0 Å². The molecular formula is C25H24O. The number of aldehydes is 1. The average molecular weight is 340 g/mol. The number of carbonyl (C=O) groups excluding carboxylic acids is 1. The van der Waals surface area contributed by atoms with Gasteiger partial charge in [0.1, 0.15) is 6.29 Å². The molecule has 0 bridgehead atoms. The highest BCUT2D eigenvalue weighted by molar-refractivity contribution is 5.91. The Morgan fingerprint density at radius 2 is 1.23 bits per heavy atom. The number of rotatable bonds is 4. The van der Waals surface area contributed by atoms with Crippen LogP contribution in [-0.4, -0.2) is 6.29 Å². The first-order valence-electron chi connectivity index (χ1n) is 8.91. The molecule has 0 aliphatic rings. The van der Waals surface area contributed by atoms with Crippen LogP contribution >= 0.6 is 0 Å². The van der Waals surface area contributed by atoms with Crippen LogP contribution in [0.15, 0.2) is 78.9 Å². The molecule has 1 heteroatoms. The van der Waals surface area contributed by atoms with E-state index in [1.165, 1.54) is 22.3 Å². The SMILES string of the molecule is CC(C)(C)c1ccc(C(=Cc2ccc(C=O)cc2)c2ccccc2)cc1. The second-order valence-electron chi connectivity index (χ2n) is 7.54. The molecule has 130 valence electrons. The van der Waals surface area contributed by atoms with Gasteiger partial charge in [-0.25, -0.2) is 0 Å². The van der Waals surface area contributed by atoms with Crippen LogP contribution in [0.4, 0.5) is 0 Å². The zero-order valence-corrected chi connectivity index (χ0v) is 15.6. The topological polar surface area (TPSA) is 17.1 Å². The van der Waals surface area contributed by atoms with Crippen molar-refractivity contribution in [1.29, 1.82) is 0 Å². The lowest BCUT2D eigenvalue weighted by Crippen LogP contribution is -2.10. The number of hydrogen-bond acceptors (Lipinski definition) is 1. The highest BCUT2D eigenvalue weighted by Gasteiger charge is 2.14. The van der Waals surface area contributed by atoms with Crippen molar-refractivity contribution in [3.8, 4) is 0 Å². The maximum Gasteiger partial charge on any atom is 0.150 e. The fourth-order valence-corrected chi connectivity index (χ4v) is 2.94. The van der Waals surface area contributed by atoms with Crippen molar-refractivity contribution < 1.29 is 4.79 Å². The van der Waals surface area contributed by atoms with Crippen LogP contribution in [0, 0.1) is 0 Å². The highest BCUT2D eigenvalue weighted by atomic mass is 16.1. The lowest BCUT2D eigenvalue weighted by molar-refractivity contribution is 0.112. The summed E-state index contributed by atoms with van der Waals surface area (Å²) >= 11 is 0. The Hall–Kier alpha value is -2.93. The monoisotopic (exact) mass is 340 g/mol. The van der Waals surface area contributed by atoms with Gasteiger partial charge in [-0.3, -0.25) is 4.79 Å². The molecule has 0 amide bonds. The van der Waals surface area contributed by atoms with Crippen LogP contribution in [0.2, 0.25) is 0 Å². The largest absolute Gasteiger partial charge is 0.298 e. The molecular weight excluding hydrogens is 316 g/mol. The van der Waals surface area contributed by atoms with Gasteiger partial charge in [-0.2, -0.15) is 0 Å². The van der Waals surface area contributed by atoms with E-state index in [4.69, 9.17) is 0 Å². The Morgan fingerprint density at radius 1 is 0.692 bits per heavy atom. The molecule has 3 rings (SSSR count). The quantitative estimate of drug-likeness (QED) is 0.397. The molecule has 0 saturated heterocycles. The van der Waals surface area contributed by atoms with E-state index in [-0.39, 0.29) is 5.41 Å². The predicted molar refractivity (Wildman–Crippen MR) is 110 cm³/mol. The Morgan fingerprint density at radius 3 is 1.77 bits per heavy atom. The van der Waals surface area contributed by atoms with Gasteiger partial charge in [0.25, 0.3) is 0 Å². The van der Waals surface area contributed by atoms with Crippen molar-refractivity contribution in [2.75, 3.05) is 0 Å². The van der Waals surface area contributed by atoms with Crippen LogP contribution in [0.1, 0.15) is 53.4 Å². The smallest absolute Gasteiger partial charge is 0.150 e. The minimum absolute atomic E-state index is 0.139. The van der Waals surface area contributed by atoms with Crippen LogP contribution < -0.4 is 0 Å². The molecule has 0 saturated carbocycles. The second-order valence-corrected chi connectivity index (χ2v) is 7.54. The first kappa shape index (κ1) is 17.9. The summed E-state index contributed by atoms with van der Waals surface area (Å²) in [6.07, 6.45) is 3.05. The van der Waals surface area contributed by atoms with Crippen molar-refractivity contribution in [1.82, 2.24) is 0 Å². The van der Waals surface area contributed by atoms with Crippen LogP contribution in [0.3, 0.4) is 0 Å².